The van der Waals surface area contributed by atoms with Gasteiger partial charge in [-0.3, -0.25) is 4.79 Å². The van der Waals surface area contributed by atoms with Gasteiger partial charge in [-0.25, -0.2) is 0 Å². The first-order valence-corrected chi connectivity index (χ1v) is 8.69. The van der Waals surface area contributed by atoms with E-state index in [0.29, 0.717) is 34.2 Å². The fourth-order valence-corrected chi connectivity index (χ4v) is 2.90. The quantitative estimate of drug-likeness (QED) is 0.650. The number of aliphatic hydroxyl groups is 1. The third-order valence-electron chi connectivity index (χ3n) is 4.48. The molecule has 0 aliphatic rings. The van der Waals surface area contributed by atoms with Gasteiger partial charge in [0.25, 0.3) is 5.91 Å². The van der Waals surface area contributed by atoms with Crippen LogP contribution in [-0.2, 0) is 5.60 Å². The average molecular weight is 385 g/mol. The molecule has 3 aromatic rings. The molecule has 0 spiro atoms. The number of methoxy groups -OCH3 is 3. The minimum absolute atomic E-state index is 0.0394. The Morgan fingerprint density at radius 1 is 1.07 bits per heavy atom. The van der Waals surface area contributed by atoms with Gasteiger partial charge in [-0.1, -0.05) is 18.2 Å². The normalized spacial score (nSPS) is 13.0. The van der Waals surface area contributed by atoms with Crippen LogP contribution in [0.4, 0.5) is 0 Å². The molecule has 7 heteroatoms. The van der Waals surface area contributed by atoms with Crippen LogP contribution in [0.5, 0.6) is 17.2 Å². The van der Waals surface area contributed by atoms with Gasteiger partial charge in [0.05, 0.1) is 27.9 Å². The van der Waals surface area contributed by atoms with E-state index >= 15 is 0 Å². The predicted octanol–water partition coefficient (Wildman–Crippen LogP) is 3.10. The van der Waals surface area contributed by atoms with Crippen molar-refractivity contribution in [1.82, 2.24) is 5.32 Å². The van der Waals surface area contributed by atoms with Crippen LogP contribution in [0.3, 0.4) is 0 Å². The van der Waals surface area contributed by atoms with Crippen LogP contribution in [0.15, 0.2) is 46.9 Å². The highest BCUT2D eigenvalue weighted by atomic mass is 16.5. The third-order valence-corrected chi connectivity index (χ3v) is 4.48. The molecule has 28 heavy (non-hydrogen) atoms. The van der Waals surface area contributed by atoms with Gasteiger partial charge in [-0.15, -0.1) is 0 Å². The maximum atomic E-state index is 12.6. The van der Waals surface area contributed by atoms with E-state index in [4.69, 9.17) is 18.6 Å². The van der Waals surface area contributed by atoms with Gasteiger partial charge in [0.2, 0.25) is 5.75 Å². The molecule has 1 heterocycles. The number of hydrogen-bond acceptors (Lipinski definition) is 6. The topological polar surface area (TPSA) is 90.2 Å². The average Bonchev–Trinajstić information content (AvgIpc) is 3.16. The largest absolute Gasteiger partial charge is 0.493 e. The van der Waals surface area contributed by atoms with Crippen LogP contribution >= 0.6 is 0 Å². The zero-order valence-corrected chi connectivity index (χ0v) is 16.2. The standard InChI is InChI=1S/C21H23NO6/c1-21(24,18-11-13-7-5-6-8-15(13)28-18)12-22-20(23)14-9-16(25-2)19(27-4)17(10-14)26-3/h5-11,24H,12H2,1-4H3,(H,22,23). The smallest absolute Gasteiger partial charge is 0.251 e. The number of furan rings is 1. The number of amides is 1. The van der Waals surface area contributed by atoms with Crippen LogP contribution in [0.1, 0.15) is 23.0 Å². The van der Waals surface area contributed by atoms with Crippen molar-refractivity contribution in [2.75, 3.05) is 27.9 Å². The Bertz CT molecular complexity index is 933. The second kappa shape index (κ2) is 7.82. The van der Waals surface area contributed by atoms with Gasteiger partial charge in [0.15, 0.2) is 11.5 Å². The Morgan fingerprint density at radius 3 is 2.29 bits per heavy atom. The first-order valence-electron chi connectivity index (χ1n) is 8.69. The molecule has 0 aliphatic heterocycles. The molecule has 0 radical (unpaired) electrons. The van der Waals surface area contributed by atoms with Crippen LogP contribution in [-0.4, -0.2) is 38.9 Å². The minimum Gasteiger partial charge on any atom is -0.493 e. The fourth-order valence-electron chi connectivity index (χ4n) is 2.90. The zero-order chi connectivity index (χ0) is 20.3. The molecule has 148 valence electrons. The molecule has 0 bridgehead atoms. The summed E-state index contributed by atoms with van der Waals surface area (Å²) in [4.78, 5) is 12.6. The molecule has 0 aliphatic carbocycles. The molecule has 0 saturated carbocycles. The van der Waals surface area contributed by atoms with E-state index in [-0.39, 0.29) is 6.54 Å². The van der Waals surface area contributed by atoms with Crippen molar-refractivity contribution in [2.45, 2.75) is 12.5 Å². The number of nitrogens with one attached hydrogen (secondary N) is 1. The van der Waals surface area contributed by atoms with E-state index in [1.165, 1.54) is 21.3 Å². The molecule has 1 unspecified atom stereocenters. The molecule has 1 amide bonds. The number of fused-ring (bicyclic) bond motifs is 1. The van der Waals surface area contributed by atoms with Gasteiger partial charge in [0.1, 0.15) is 16.9 Å². The molecule has 7 nitrogen and oxygen atoms in total. The number of hydrogen-bond donors (Lipinski definition) is 2. The first-order chi connectivity index (χ1) is 13.4. The Hall–Kier alpha value is -3.19. The lowest BCUT2D eigenvalue weighted by Gasteiger charge is -2.21. The zero-order valence-electron chi connectivity index (χ0n) is 16.2. The predicted molar refractivity (Wildman–Crippen MR) is 104 cm³/mol. The van der Waals surface area contributed by atoms with Gasteiger partial charge in [0, 0.05) is 10.9 Å². The van der Waals surface area contributed by atoms with E-state index < -0.39 is 11.5 Å². The summed E-state index contributed by atoms with van der Waals surface area (Å²) in [7, 11) is 4.45. The number of carbonyl (C=O) groups excluding carboxylic acids is 1. The van der Waals surface area contributed by atoms with Crippen molar-refractivity contribution in [3.05, 3.63) is 53.8 Å². The van der Waals surface area contributed by atoms with E-state index in [1.807, 2.05) is 24.3 Å². The van der Waals surface area contributed by atoms with Crippen molar-refractivity contribution in [3.63, 3.8) is 0 Å². The third kappa shape index (κ3) is 3.75. The Morgan fingerprint density at radius 2 is 1.71 bits per heavy atom. The van der Waals surface area contributed by atoms with Crippen LogP contribution in [0.25, 0.3) is 11.0 Å². The van der Waals surface area contributed by atoms with E-state index in [2.05, 4.69) is 5.32 Å². The number of para-hydroxylation sites is 1. The molecule has 2 N–H and O–H groups in total. The highest BCUT2D eigenvalue weighted by molar-refractivity contribution is 5.95. The van der Waals surface area contributed by atoms with Crippen molar-refractivity contribution < 1.29 is 28.5 Å². The Labute approximate surface area is 162 Å². The van der Waals surface area contributed by atoms with Gasteiger partial charge in [-0.2, -0.15) is 0 Å². The van der Waals surface area contributed by atoms with E-state index in [0.717, 1.165) is 5.39 Å². The maximum Gasteiger partial charge on any atom is 0.251 e. The lowest BCUT2D eigenvalue weighted by Crippen LogP contribution is -2.38. The fraction of sp³-hybridized carbons (Fsp3) is 0.286. The van der Waals surface area contributed by atoms with Gasteiger partial charge >= 0.3 is 0 Å². The minimum atomic E-state index is -1.38. The van der Waals surface area contributed by atoms with Crippen molar-refractivity contribution >= 4 is 16.9 Å². The molecular weight excluding hydrogens is 362 g/mol. The molecule has 3 rings (SSSR count). The summed E-state index contributed by atoms with van der Waals surface area (Å²) in [6.07, 6.45) is 0. The first kappa shape index (κ1) is 19.6. The monoisotopic (exact) mass is 385 g/mol. The molecule has 2 aromatic carbocycles. The van der Waals surface area contributed by atoms with Crippen LogP contribution in [0.2, 0.25) is 0 Å². The number of ether oxygens (including phenoxy) is 3. The second-order valence-corrected chi connectivity index (χ2v) is 6.52. The molecule has 1 aromatic heterocycles. The molecule has 0 saturated heterocycles. The van der Waals surface area contributed by atoms with Crippen molar-refractivity contribution in [3.8, 4) is 17.2 Å². The molecule has 0 fully saturated rings. The number of rotatable bonds is 7. The summed E-state index contributed by atoms with van der Waals surface area (Å²) in [5.74, 6) is 1.12. The highest BCUT2D eigenvalue weighted by Crippen LogP contribution is 2.38. The summed E-state index contributed by atoms with van der Waals surface area (Å²) in [5, 5.41) is 14.4. The van der Waals surface area contributed by atoms with Crippen LogP contribution < -0.4 is 19.5 Å². The summed E-state index contributed by atoms with van der Waals surface area (Å²) in [6.45, 7) is 1.54. The summed E-state index contributed by atoms with van der Waals surface area (Å²) in [5.41, 5.74) is -0.390. The van der Waals surface area contributed by atoms with Crippen molar-refractivity contribution in [1.29, 1.82) is 0 Å². The summed E-state index contributed by atoms with van der Waals surface area (Å²) in [6, 6.07) is 12.3. The Kier molecular flexibility index (Phi) is 5.46. The van der Waals surface area contributed by atoms with Crippen LogP contribution in [0, 0.1) is 0 Å². The number of benzene rings is 2. The SMILES string of the molecule is COc1cc(C(=O)NCC(C)(O)c2cc3ccccc3o2)cc(OC)c1OC. The summed E-state index contributed by atoms with van der Waals surface area (Å²) < 4.78 is 21.5. The Balaban J connectivity index is 1.79. The molecule has 1 atom stereocenters. The van der Waals surface area contributed by atoms with Crippen molar-refractivity contribution in [2.24, 2.45) is 0 Å². The molecular formula is C21H23NO6. The lowest BCUT2D eigenvalue weighted by atomic mass is 10.0. The number of carbonyl (C=O) groups is 1. The van der Waals surface area contributed by atoms with E-state index in [9.17, 15) is 9.90 Å². The second-order valence-electron chi connectivity index (χ2n) is 6.52. The van der Waals surface area contributed by atoms with Gasteiger partial charge < -0.3 is 29.1 Å². The van der Waals surface area contributed by atoms with Gasteiger partial charge in [-0.05, 0) is 31.2 Å². The lowest BCUT2D eigenvalue weighted by molar-refractivity contribution is 0.0344. The van der Waals surface area contributed by atoms with E-state index in [1.54, 1.807) is 25.1 Å². The summed E-state index contributed by atoms with van der Waals surface area (Å²) >= 11 is 0. The highest BCUT2D eigenvalue weighted by Gasteiger charge is 2.28. The maximum absolute atomic E-state index is 12.6.